The third-order valence-electron chi connectivity index (χ3n) is 6.07. The van der Waals surface area contributed by atoms with Crippen LogP contribution >= 0.6 is 0 Å². The maximum absolute atomic E-state index is 13.0. The van der Waals surface area contributed by atoms with Crippen molar-refractivity contribution in [3.8, 4) is 11.5 Å². The second-order valence-electron chi connectivity index (χ2n) is 8.96. The van der Waals surface area contributed by atoms with Crippen molar-refractivity contribution >= 4 is 28.4 Å². The number of benzene rings is 1. The third kappa shape index (κ3) is 4.78. The van der Waals surface area contributed by atoms with Crippen molar-refractivity contribution < 1.29 is 9.52 Å². The van der Waals surface area contributed by atoms with E-state index in [2.05, 4.69) is 32.4 Å². The molecule has 1 atom stereocenters. The minimum atomic E-state index is -0.383. The molecule has 0 unspecified atom stereocenters. The van der Waals surface area contributed by atoms with Crippen LogP contribution in [0.5, 0.6) is 0 Å². The molecule has 0 radical (unpaired) electrons. The molecule has 194 valence electrons. The number of allylic oxidation sites excluding steroid dienone is 1. The van der Waals surface area contributed by atoms with Gasteiger partial charge < -0.3 is 20.2 Å². The Balaban J connectivity index is 1.52. The molecule has 3 N–H and O–H groups in total. The van der Waals surface area contributed by atoms with Crippen molar-refractivity contribution in [1.82, 2.24) is 29.5 Å². The van der Waals surface area contributed by atoms with Crippen LogP contribution in [0.2, 0.25) is 0 Å². The Hall–Kier alpha value is -4.77. The van der Waals surface area contributed by atoms with Gasteiger partial charge in [0, 0.05) is 18.3 Å². The summed E-state index contributed by atoms with van der Waals surface area (Å²) in [7, 11) is 0. The molecule has 0 amide bonds. The van der Waals surface area contributed by atoms with Crippen LogP contribution in [-0.2, 0) is 6.54 Å². The van der Waals surface area contributed by atoms with E-state index in [1.165, 1.54) is 6.39 Å². The Morgan fingerprint density at radius 3 is 2.66 bits per heavy atom. The SMILES string of the molecule is C=CCn1c2nc(Nc3cc(N[C@H](CO)c4ccccc4)c(-c4nnco4)cn3)ccc2c(=O)n1C(C)C. The molecule has 0 saturated carbocycles. The second kappa shape index (κ2) is 10.7. The largest absolute Gasteiger partial charge is 0.423 e. The van der Waals surface area contributed by atoms with E-state index in [0.717, 1.165) is 5.56 Å². The molecule has 4 heterocycles. The van der Waals surface area contributed by atoms with Gasteiger partial charge in [0.25, 0.3) is 11.4 Å². The minimum Gasteiger partial charge on any atom is -0.423 e. The summed E-state index contributed by atoms with van der Waals surface area (Å²) in [6.07, 6.45) is 4.59. The number of aromatic nitrogens is 6. The molecule has 5 aromatic rings. The normalized spacial score (nSPS) is 12.1. The number of aliphatic hydroxyl groups is 1. The van der Waals surface area contributed by atoms with Gasteiger partial charge in [0.05, 0.1) is 35.8 Å². The Labute approximate surface area is 218 Å². The highest BCUT2D eigenvalue weighted by atomic mass is 16.4. The van der Waals surface area contributed by atoms with Gasteiger partial charge in [-0.2, -0.15) is 0 Å². The molecule has 0 spiro atoms. The summed E-state index contributed by atoms with van der Waals surface area (Å²) in [5.41, 5.74) is 2.59. The van der Waals surface area contributed by atoms with Crippen LogP contribution < -0.4 is 16.2 Å². The van der Waals surface area contributed by atoms with Gasteiger partial charge in [-0.15, -0.1) is 16.8 Å². The number of fused-ring (bicyclic) bond motifs is 1. The predicted molar refractivity (Wildman–Crippen MR) is 145 cm³/mol. The van der Waals surface area contributed by atoms with Crippen molar-refractivity contribution in [3.05, 3.63) is 89.7 Å². The highest BCUT2D eigenvalue weighted by Crippen LogP contribution is 2.31. The van der Waals surface area contributed by atoms with E-state index in [1.807, 2.05) is 48.9 Å². The van der Waals surface area contributed by atoms with Crippen LogP contribution in [0.1, 0.15) is 31.5 Å². The summed E-state index contributed by atoms with van der Waals surface area (Å²) in [6, 6.07) is 14.5. The summed E-state index contributed by atoms with van der Waals surface area (Å²) in [6.45, 7) is 8.04. The molecule has 0 aliphatic carbocycles. The molecule has 0 aliphatic rings. The van der Waals surface area contributed by atoms with Crippen molar-refractivity contribution in [2.75, 3.05) is 17.2 Å². The van der Waals surface area contributed by atoms with E-state index in [1.54, 1.807) is 35.2 Å². The van der Waals surface area contributed by atoms with Gasteiger partial charge in [-0.25, -0.2) is 14.6 Å². The molecule has 0 aliphatic heterocycles. The maximum Gasteiger partial charge on any atom is 0.276 e. The molecule has 0 saturated heterocycles. The number of rotatable bonds is 10. The number of anilines is 3. The lowest BCUT2D eigenvalue weighted by atomic mass is 10.1. The predicted octanol–water partition coefficient (Wildman–Crippen LogP) is 4.30. The average Bonchev–Trinajstić information content (AvgIpc) is 3.55. The van der Waals surface area contributed by atoms with Crippen LogP contribution in [0.15, 0.2) is 83.0 Å². The van der Waals surface area contributed by atoms with Crippen LogP contribution in [0.3, 0.4) is 0 Å². The summed E-state index contributed by atoms with van der Waals surface area (Å²) in [4.78, 5) is 22.2. The molecule has 0 bridgehead atoms. The summed E-state index contributed by atoms with van der Waals surface area (Å²) >= 11 is 0. The van der Waals surface area contributed by atoms with Crippen molar-refractivity contribution in [1.29, 1.82) is 0 Å². The highest BCUT2D eigenvalue weighted by molar-refractivity contribution is 5.79. The van der Waals surface area contributed by atoms with Gasteiger partial charge in [0.15, 0.2) is 5.65 Å². The number of nitrogens with one attached hydrogen (secondary N) is 2. The Morgan fingerprint density at radius 1 is 1.16 bits per heavy atom. The molecule has 38 heavy (non-hydrogen) atoms. The van der Waals surface area contributed by atoms with E-state index in [0.29, 0.717) is 46.4 Å². The number of nitrogens with zero attached hydrogens (tertiary/aromatic N) is 6. The smallest absolute Gasteiger partial charge is 0.276 e. The van der Waals surface area contributed by atoms with E-state index < -0.39 is 0 Å². The van der Waals surface area contributed by atoms with Gasteiger partial charge in [0.2, 0.25) is 6.39 Å². The van der Waals surface area contributed by atoms with Gasteiger partial charge >= 0.3 is 0 Å². The third-order valence-corrected chi connectivity index (χ3v) is 6.07. The molecular weight excluding hydrogens is 484 g/mol. The first-order valence-corrected chi connectivity index (χ1v) is 12.2. The molecule has 5 rings (SSSR count). The van der Waals surface area contributed by atoms with E-state index in [-0.39, 0.29) is 24.2 Å². The zero-order valence-electron chi connectivity index (χ0n) is 21.1. The minimum absolute atomic E-state index is 0.0373. The average molecular weight is 513 g/mol. The fraction of sp³-hybridized carbons (Fsp3) is 0.222. The summed E-state index contributed by atoms with van der Waals surface area (Å²) in [5.74, 6) is 1.30. The summed E-state index contributed by atoms with van der Waals surface area (Å²) in [5, 5.41) is 25.0. The van der Waals surface area contributed by atoms with Gasteiger partial charge in [-0.05, 0) is 31.5 Å². The number of hydrogen-bond acceptors (Lipinski definition) is 9. The molecule has 4 aromatic heterocycles. The zero-order valence-corrected chi connectivity index (χ0v) is 21.1. The molecule has 1 aromatic carbocycles. The van der Waals surface area contributed by atoms with Crippen LogP contribution in [0.25, 0.3) is 22.5 Å². The molecule has 11 heteroatoms. The van der Waals surface area contributed by atoms with Gasteiger partial charge in [-0.1, -0.05) is 36.4 Å². The maximum atomic E-state index is 13.0. The summed E-state index contributed by atoms with van der Waals surface area (Å²) < 4.78 is 8.92. The van der Waals surface area contributed by atoms with Crippen molar-refractivity contribution in [2.45, 2.75) is 32.5 Å². The first-order chi connectivity index (χ1) is 18.5. The van der Waals surface area contributed by atoms with E-state index in [9.17, 15) is 9.90 Å². The fourth-order valence-electron chi connectivity index (χ4n) is 4.37. The van der Waals surface area contributed by atoms with E-state index >= 15 is 0 Å². The van der Waals surface area contributed by atoms with Crippen LogP contribution in [-0.4, -0.2) is 41.2 Å². The van der Waals surface area contributed by atoms with Crippen LogP contribution in [0.4, 0.5) is 17.3 Å². The quantitative estimate of drug-likeness (QED) is 0.234. The van der Waals surface area contributed by atoms with Gasteiger partial charge in [-0.3, -0.25) is 9.48 Å². The lowest BCUT2D eigenvalue weighted by Crippen LogP contribution is -2.24. The lowest BCUT2D eigenvalue weighted by Gasteiger charge is -2.20. The molecular formula is C27H28N8O3. The van der Waals surface area contributed by atoms with Crippen LogP contribution in [0, 0.1) is 0 Å². The Morgan fingerprint density at radius 2 is 1.97 bits per heavy atom. The molecule has 0 fully saturated rings. The monoisotopic (exact) mass is 512 g/mol. The number of hydrogen-bond donors (Lipinski definition) is 3. The topological polar surface area (TPSA) is 136 Å². The lowest BCUT2D eigenvalue weighted by molar-refractivity contribution is 0.276. The number of aliphatic hydroxyl groups excluding tert-OH is 1. The second-order valence-corrected chi connectivity index (χ2v) is 8.96. The zero-order chi connectivity index (χ0) is 26.6. The molecule has 11 nitrogen and oxygen atoms in total. The van der Waals surface area contributed by atoms with Crippen molar-refractivity contribution in [2.24, 2.45) is 0 Å². The number of pyridine rings is 2. The Kier molecular flexibility index (Phi) is 7.00. The van der Waals surface area contributed by atoms with Gasteiger partial charge in [0.1, 0.15) is 11.6 Å². The Bertz CT molecular complexity index is 1610. The fourth-order valence-corrected chi connectivity index (χ4v) is 4.37. The standard InChI is InChI=1S/C27H28N8O3/c1-4-12-34-25-19(27(37)35(34)17(2)3)10-11-23(32-25)31-24-13-21(20(14-28-24)26-33-29-16-38-26)30-22(15-36)18-8-6-5-7-9-18/h4-11,13-14,16-17,22,36H,1,12,15H2,2-3H3,(H2,28,30,31,32)/t22-/m1/s1. The first-order valence-electron chi connectivity index (χ1n) is 12.2. The highest BCUT2D eigenvalue weighted by Gasteiger charge is 2.19. The van der Waals surface area contributed by atoms with E-state index in [4.69, 9.17) is 9.40 Å². The van der Waals surface area contributed by atoms with Crippen molar-refractivity contribution in [3.63, 3.8) is 0 Å². The first kappa shape index (κ1) is 24.9.